The van der Waals surface area contributed by atoms with Gasteiger partial charge in [-0.05, 0) is 53.6 Å². The first-order valence-corrected chi connectivity index (χ1v) is 7.97. The summed E-state index contributed by atoms with van der Waals surface area (Å²) < 4.78 is 6.46. The summed E-state index contributed by atoms with van der Waals surface area (Å²) >= 11 is 5.24. The molecule has 1 heterocycles. The minimum atomic E-state index is 0.0261. The van der Waals surface area contributed by atoms with Crippen molar-refractivity contribution in [1.29, 1.82) is 0 Å². The second-order valence-corrected chi connectivity index (χ2v) is 6.29. The number of halogens is 1. The summed E-state index contributed by atoms with van der Waals surface area (Å²) in [4.78, 5) is 1.28. The van der Waals surface area contributed by atoms with E-state index in [9.17, 15) is 0 Å². The standard InChI is InChI=1S/C15H18BrNOS/c1-3-10-6-7-19-15(10)13(17)9-11-8-12(16)4-5-14(11)18-2/h4-8,13H,3,9,17H2,1-2H3. The van der Waals surface area contributed by atoms with Gasteiger partial charge < -0.3 is 10.5 Å². The molecule has 0 aliphatic rings. The molecule has 0 fully saturated rings. The van der Waals surface area contributed by atoms with E-state index in [1.165, 1.54) is 10.4 Å². The number of methoxy groups -OCH3 is 1. The molecule has 0 spiro atoms. The maximum atomic E-state index is 6.36. The number of benzene rings is 1. The van der Waals surface area contributed by atoms with Crippen LogP contribution in [0.4, 0.5) is 0 Å². The van der Waals surface area contributed by atoms with Crippen molar-refractivity contribution in [2.75, 3.05) is 7.11 Å². The lowest BCUT2D eigenvalue weighted by Gasteiger charge is -2.15. The molecule has 2 rings (SSSR count). The van der Waals surface area contributed by atoms with E-state index in [1.807, 2.05) is 12.1 Å². The summed E-state index contributed by atoms with van der Waals surface area (Å²) in [6.45, 7) is 2.16. The van der Waals surface area contributed by atoms with Crippen molar-refractivity contribution in [2.24, 2.45) is 5.73 Å². The first-order valence-electron chi connectivity index (χ1n) is 6.30. The van der Waals surface area contributed by atoms with Gasteiger partial charge in [-0.1, -0.05) is 22.9 Å². The summed E-state index contributed by atoms with van der Waals surface area (Å²) in [5, 5.41) is 2.12. The summed E-state index contributed by atoms with van der Waals surface area (Å²) in [6, 6.07) is 8.23. The quantitative estimate of drug-likeness (QED) is 0.880. The molecule has 0 aliphatic carbocycles. The van der Waals surface area contributed by atoms with Crippen molar-refractivity contribution in [2.45, 2.75) is 25.8 Å². The Hall–Kier alpha value is -0.840. The van der Waals surface area contributed by atoms with Gasteiger partial charge in [-0.2, -0.15) is 0 Å². The van der Waals surface area contributed by atoms with Crippen LogP contribution in [0.3, 0.4) is 0 Å². The molecular formula is C15H18BrNOS. The van der Waals surface area contributed by atoms with Crippen LogP contribution in [-0.4, -0.2) is 7.11 Å². The van der Waals surface area contributed by atoms with Crippen molar-refractivity contribution in [3.05, 3.63) is 50.1 Å². The summed E-state index contributed by atoms with van der Waals surface area (Å²) in [7, 11) is 1.70. The monoisotopic (exact) mass is 339 g/mol. The molecular weight excluding hydrogens is 322 g/mol. The van der Waals surface area contributed by atoms with Gasteiger partial charge in [0.15, 0.2) is 0 Å². The van der Waals surface area contributed by atoms with E-state index in [-0.39, 0.29) is 6.04 Å². The fourth-order valence-corrected chi connectivity index (χ4v) is 3.61. The van der Waals surface area contributed by atoms with Crippen LogP contribution < -0.4 is 10.5 Å². The molecule has 102 valence electrons. The van der Waals surface area contributed by atoms with E-state index in [0.717, 1.165) is 28.6 Å². The normalized spacial score (nSPS) is 12.4. The largest absolute Gasteiger partial charge is 0.496 e. The smallest absolute Gasteiger partial charge is 0.122 e. The molecule has 2 aromatic rings. The Balaban J connectivity index is 2.23. The first-order chi connectivity index (χ1) is 9.15. The number of aryl methyl sites for hydroxylation is 1. The molecule has 19 heavy (non-hydrogen) atoms. The Bertz CT molecular complexity index is 553. The predicted octanol–water partition coefficient (Wildman–Crippen LogP) is 4.32. The number of hydrogen-bond acceptors (Lipinski definition) is 3. The molecule has 0 radical (unpaired) electrons. The minimum Gasteiger partial charge on any atom is -0.496 e. The molecule has 0 bridgehead atoms. The van der Waals surface area contributed by atoms with E-state index in [4.69, 9.17) is 10.5 Å². The molecule has 1 aromatic carbocycles. The zero-order chi connectivity index (χ0) is 13.8. The van der Waals surface area contributed by atoms with Gasteiger partial charge in [0.1, 0.15) is 5.75 Å². The number of rotatable bonds is 5. The third kappa shape index (κ3) is 3.38. The van der Waals surface area contributed by atoms with Crippen LogP contribution in [0.25, 0.3) is 0 Å². The van der Waals surface area contributed by atoms with Crippen LogP contribution in [0.2, 0.25) is 0 Å². The average Bonchev–Trinajstić information content (AvgIpc) is 2.87. The number of hydrogen-bond donors (Lipinski definition) is 1. The van der Waals surface area contributed by atoms with Crippen LogP contribution in [0.5, 0.6) is 5.75 Å². The second kappa shape index (κ2) is 6.55. The third-order valence-electron chi connectivity index (χ3n) is 3.18. The van der Waals surface area contributed by atoms with E-state index in [2.05, 4.69) is 40.4 Å². The lowest BCUT2D eigenvalue weighted by Crippen LogP contribution is -2.14. The summed E-state index contributed by atoms with van der Waals surface area (Å²) in [5.41, 5.74) is 8.85. The molecule has 2 N–H and O–H groups in total. The molecule has 1 aromatic heterocycles. The van der Waals surface area contributed by atoms with Crippen molar-refractivity contribution in [3.63, 3.8) is 0 Å². The Morgan fingerprint density at radius 3 is 2.79 bits per heavy atom. The number of ether oxygens (including phenoxy) is 1. The highest BCUT2D eigenvalue weighted by Gasteiger charge is 2.15. The zero-order valence-electron chi connectivity index (χ0n) is 11.2. The molecule has 2 nitrogen and oxygen atoms in total. The van der Waals surface area contributed by atoms with Crippen molar-refractivity contribution >= 4 is 27.3 Å². The van der Waals surface area contributed by atoms with E-state index in [1.54, 1.807) is 18.4 Å². The summed E-state index contributed by atoms with van der Waals surface area (Å²) in [6.07, 6.45) is 1.82. The van der Waals surface area contributed by atoms with E-state index < -0.39 is 0 Å². The lowest BCUT2D eigenvalue weighted by atomic mass is 10.0. The SMILES string of the molecule is CCc1ccsc1C(N)Cc1cc(Br)ccc1OC. The predicted molar refractivity (Wildman–Crippen MR) is 85.0 cm³/mol. The topological polar surface area (TPSA) is 35.2 Å². The fourth-order valence-electron chi connectivity index (χ4n) is 2.20. The Morgan fingerprint density at radius 2 is 2.11 bits per heavy atom. The molecule has 1 unspecified atom stereocenters. The highest BCUT2D eigenvalue weighted by atomic mass is 79.9. The Labute approximate surface area is 126 Å². The molecule has 4 heteroatoms. The second-order valence-electron chi connectivity index (χ2n) is 4.43. The third-order valence-corrected chi connectivity index (χ3v) is 4.76. The average molecular weight is 340 g/mol. The van der Waals surface area contributed by atoms with Gasteiger partial charge in [-0.3, -0.25) is 0 Å². The highest BCUT2D eigenvalue weighted by molar-refractivity contribution is 9.10. The van der Waals surface area contributed by atoms with Crippen LogP contribution in [-0.2, 0) is 12.8 Å². The number of thiophene rings is 1. The van der Waals surface area contributed by atoms with Crippen LogP contribution in [0.15, 0.2) is 34.1 Å². The van der Waals surface area contributed by atoms with Gasteiger partial charge in [-0.25, -0.2) is 0 Å². The van der Waals surface area contributed by atoms with Gasteiger partial charge in [0.2, 0.25) is 0 Å². The van der Waals surface area contributed by atoms with Crippen molar-refractivity contribution < 1.29 is 4.74 Å². The highest BCUT2D eigenvalue weighted by Crippen LogP contribution is 2.30. The van der Waals surface area contributed by atoms with Crippen LogP contribution in [0, 0.1) is 0 Å². The number of nitrogens with two attached hydrogens (primary N) is 1. The molecule has 0 saturated carbocycles. The van der Waals surface area contributed by atoms with Crippen LogP contribution in [0.1, 0.15) is 29.0 Å². The van der Waals surface area contributed by atoms with E-state index >= 15 is 0 Å². The first kappa shape index (κ1) is 14.6. The lowest BCUT2D eigenvalue weighted by molar-refractivity contribution is 0.408. The molecule has 0 saturated heterocycles. The van der Waals surface area contributed by atoms with Crippen molar-refractivity contribution in [1.82, 2.24) is 0 Å². The Kier molecular flexibility index (Phi) is 5.02. The van der Waals surface area contributed by atoms with E-state index in [0.29, 0.717) is 0 Å². The van der Waals surface area contributed by atoms with Gasteiger partial charge in [0, 0.05) is 15.4 Å². The summed E-state index contributed by atoms with van der Waals surface area (Å²) in [5.74, 6) is 0.897. The van der Waals surface area contributed by atoms with Gasteiger partial charge in [0.05, 0.1) is 7.11 Å². The zero-order valence-corrected chi connectivity index (χ0v) is 13.6. The van der Waals surface area contributed by atoms with Gasteiger partial charge in [0.25, 0.3) is 0 Å². The van der Waals surface area contributed by atoms with Crippen LogP contribution >= 0.6 is 27.3 Å². The molecule has 0 amide bonds. The maximum absolute atomic E-state index is 6.36. The molecule has 0 aliphatic heterocycles. The van der Waals surface area contributed by atoms with Gasteiger partial charge in [-0.15, -0.1) is 11.3 Å². The van der Waals surface area contributed by atoms with Crippen molar-refractivity contribution in [3.8, 4) is 5.75 Å². The fraction of sp³-hybridized carbons (Fsp3) is 0.333. The van der Waals surface area contributed by atoms with Gasteiger partial charge >= 0.3 is 0 Å². The minimum absolute atomic E-state index is 0.0261. The molecule has 1 atom stereocenters. The Morgan fingerprint density at radius 1 is 1.32 bits per heavy atom. The maximum Gasteiger partial charge on any atom is 0.122 e.